The fraction of sp³-hybridized carbons (Fsp3) is 0.391. The van der Waals surface area contributed by atoms with Gasteiger partial charge >= 0.3 is 5.97 Å². The Morgan fingerprint density at radius 1 is 1.13 bits per heavy atom. The van der Waals surface area contributed by atoms with Crippen molar-refractivity contribution in [3.8, 4) is 5.75 Å². The average molecular weight is 465 g/mol. The first-order valence-electron chi connectivity index (χ1n) is 10.2. The van der Waals surface area contributed by atoms with Gasteiger partial charge in [-0.15, -0.1) is 0 Å². The van der Waals surface area contributed by atoms with Crippen LogP contribution >= 0.6 is 23.2 Å². The topological polar surface area (TPSA) is 70.1 Å². The largest absolute Gasteiger partial charge is 0.479 e. The predicted octanol–water partition coefficient (Wildman–Crippen LogP) is 4.12. The second-order valence-electron chi connectivity index (χ2n) is 7.82. The Bertz CT molecular complexity index is 936. The highest BCUT2D eigenvalue weighted by atomic mass is 35.5. The number of benzene rings is 2. The van der Waals surface area contributed by atoms with Gasteiger partial charge in [-0.2, -0.15) is 0 Å². The summed E-state index contributed by atoms with van der Waals surface area (Å²) in [7, 11) is 0. The van der Waals surface area contributed by atoms with Crippen LogP contribution in [0, 0.1) is 0 Å². The van der Waals surface area contributed by atoms with Crippen molar-refractivity contribution < 1.29 is 19.4 Å². The third kappa shape index (κ3) is 6.35. The predicted molar refractivity (Wildman–Crippen MR) is 121 cm³/mol. The summed E-state index contributed by atoms with van der Waals surface area (Å²) in [4.78, 5) is 28.1. The molecule has 3 rings (SSSR count). The van der Waals surface area contributed by atoms with Crippen molar-refractivity contribution in [2.75, 3.05) is 19.6 Å². The van der Waals surface area contributed by atoms with Gasteiger partial charge in [-0.05, 0) is 49.7 Å². The standard InChI is InChI=1S/C23H26Cl2N2O4/c1-15-13-26(9-10-27(15)22(28)11-17-3-5-19(24)6-4-17)14-18-12-20(25)7-8-21(18)31-16(2)23(29)30/h3-8,12,15-16H,9-11,13-14H2,1-2H3,(H,29,30)/t15-,16-/m0/s1. The van der Waals surface area contributed by atoms with Crippen molar-refractivity contribution in [1.29, 1.82) is 0 Å². The summed E-state index contributed by atoms with van der Waals surface area (Å²) in [5, 5.41) is 10.4. The Kier molecular flexibility index (Phi) is 7.81. The highest BCUT2D eigenvalue weighted by Crippen LogP contribution is 2.26. The molecule has 0 aliphatic carbocycles. The zero-order valence-electron chi connectivity index (χ0n) is 17.6. The normalized spacial score (nSPS) is 17.9. The van der Waals surface area contributed by atoms with Gasteiger partial charge < -0.3 is 14.7 Å². The molecule has 0 bridgehead atoms. The summed E-state index contributed by atoms with van der Waals surface area (Å²) < 4.78 is 5.61. The number of carboxylic acids is 1. The van der Waals surface area contributed by atoms with E-state index in [4.69, 9.17) is 33.0 Å². The van der Waals surface area contributed by atoms with Crippen molar-refractivity contribution in [2.24, 2.45) is 0 Å². The number of hydrogen-bond acceptors (Lipinski definition) is 4. The molecule has 1 N–H and O–H groups in total. The number of amides is 1. The Hall–Kier alpha value is -2.28. The molecule has 0 saturated carbocycles. The second kappa shape index (κ2) is 10.4. The Balaban J connectivity index is 1.62. The number of carboxylic acid groups (broad SMARTS) is 1. The molecule has 1 fully saturated rings. The van der Waals surface area contributed by atoms with E-state index in [1.807, 2.05) is 24.0 Å². The fourth-order valence-electron chi connectivity index (χ4n) is 3.69. The van der Waals surface area contributed by atoms with E-state index in [0.717, 1.165) is 11.1 Å². The number of nitrogens with zero attached hydrogens (tertiary/aromatic N) is 2. The maximum Gasteiger partial charge on any atom is 0.344 e. The molecule has 1 amide bonds. The summed E-state index contributed by atoms with van der Waals surface area (Å²) in [5.41, 5.74) is 1.77. The van der Waals surface area contributed by atoms with Crippen LogP contribution in [0.5, 0.6) is 5.75 Å². The van der Waals surface area contributed by atoms with Gasteiger partial charge in [0.2, 0.25) is 5.91 Å². The number of halogens is 2. The van der Waals surface area contributed by atoms with Crippen molar-refractivity contribution in [2.45, 2.75) is 39.0 Å². The van der Waals surface area contributed by atoms with E-state index >= 15 is 0 Å². The minimum Gasteiger partial charge on any atom is -0.479 e. The third-order valence-corrected chi connectivity index (χ3v) is 5.86. The molecule has 6 nitrogen and oxygen atoms in total. The molecule has 1 aliphatic rings. The molecule has 1 heterocycles. The lowest BCUT2D eigenvalue weighted by Gasteiger charge is -2.40. The van der Waals surface area contributed by atoms with Gasteiger partial charge in [0.05, 0.1) is 6.42 Å². The van der Waals surface area contributed by atoms with Crippen molar-refractivity contribution >= 4 is 35.1 Å². The van der Waals surface area contributed by atoms with Crippen LogP contribution < -0.4 is 4.74 Å². The molecule has 2 aromatic rings. The van der Waals surface area contributed by atoms with E-state index < -0.39 is 12.1 Å². The minimum absolute atomic E-state index is 0.0510. The highest BCUT2D eigenvalue weighted by Gasteiger charge is 2.28. The molecule has 2 atom stereocenters. The molecule has 1 saturated heterocycles. The van der Waals surface area contributed by atoms with E-state index in [1.54, 1.807) is 30.3 Å². The Labute approximate surface area is 192 Å². The molecule has 0 radical (unpaired) electrons. The van der Waals surface area contributed by atoms with Gasteiger partial charge in [-0.1, -0.05) is 35.3 Å². The van der Waals surface area contributed by atoms with Crippen LogP contribution in [0.15, 0.2) is 42.5 Å². The highest BCUT2D eigenvalue weighted by molar-refractivity contribution is 6.30. The van der Waals surface area contributed by atoms with Crippen molar-refractivity contribution in [3.05, 3.63) is 63.6 Å². The summed E-state index contributed by atoms with van der Waals surface area (Å²) in [5.74, 6) is -0.424. The Morgan fingerprint density at radius 3 is 2.45 bits per heavy atom. The molecule has 1 aliphatic heterocycles. The quantitative estimate of drug-likeness (QED) is 0.666. The zero-order chi connectivity index (χ0) is 22.5. The molecule has 0 spiro atoms. The maximum absolute atomic E-state index is 12.8. The van der Waals surface area contributed by atoms with E-state index in [0.29, 0.717) is 48.4 Å². The molecule has 31 heavy (non-hydrogen) atoms. The number of carbonyl (C=O) groups excluding carboxylic acids is 1. The Morgan fingerprint density at radius 2 is 1.81 bits per heavy atom. The van der Waals surface area contributed by atoms with Gasteiger partial charge in [-0.3, -0.25) is 9.69 Å². The number of piperazine rings is 1. The van der Waals surface area contributed by atoms with E-state index in [1.165, 1.54) is 6.92 Å². The van der Waals surface area contributed by atoms with Gasteiger partial charge in [-0.25, -0.2) is 4.79 Å². The van der Waals surface area contributed by atoms with E-state index in [9.17, 15) is 9.59 Å². The maximum atomic E-state index is 12.8. The lowest BCUT2D eigenvalue weighted by Crippen LogP contribution is -2.54. The van der Waals surface area contributed by atoms with Crippen LogP contribution in [0.2, 0.25) is 10.0 Å². The molecule has 0 aromatic heterocycles. The van der Waals surface area contributed by atoms with E-state index in [-0.39, 0.29) is 11.9 Å². The van der Waals surface area contributed by atoms with Crippen LogP contribution in [-0.2, 0) is 22.6 Å². The van der Waals surface area contributed by atoms with Gasteiger partial charge in [0.1, 0.15) is 5.75 Å². The first-order valence-corrected chi connectivity index (χ1v) is 10.9. The SMILES string of the molecule is C[C@H](Oc1ccc(Cl)cc1CN1CCN(C(=O)Cc2ccc(Cl)cc2)[C@@H](C)C1)C(=O)O. The van der Waals surface area contributed by atoms with Crippen LogP contribution in [0.1, 0.15) is 25.0 Å². The fourth-order valence-corrected chi connectivity index (χ4v) is 4.01. The first-order chi connectivity index (χ1) is 14.7. The number of ether oxygens (including phenoxy) is 1. The molecule has 8 heteroatoms. The monoisotopic (exact) mass is 464 g/mol. The van der Waals surface area contributed by atoms with Crippen LogP contribution in [0.4, 0.5) is 0 Å². The molecular formula is C23H26Cl2N2O4. The second-order valence-corrected chi connectivity index (χ2v) is 8.70. The number of hydrogen-bond donors (Lipinski definition) is 1. The summed E-state index contributed by atoms with van der Waals surface area (Å²) in [6, 6.07) is 12.6. The zero-order valence-corrected chi connectivity index (χ0v) is 19.1. The summed E-state index contributed by atoms with van der Waals surface area (Å²) >= 11 is 12.1. The van der Waals surface area contributed by atoms with Gasteiger partial charge in [0.15, 0.2) is 6.10 Å². The molecule has 166 valence electrons. The number of aliphatic carboxylic acids is 1. The van der Waals surface area contributed by atoms with E-state index in [2.05, 4.69) is 4.90 Å². The average Bonchev–Trinajstić information content (AvgIpc) is 2.71. The lowest BCUT2D eigenvalue weighted by atomic mass is 10.1. The molecular weight excluding hydrogens is 439 g/mol. The lowest BCUT2D eigenvalue weighted by molar-refractivity contribution is -0.144. The van der Waals surface area contributed by atoms with Crippen LogP contribution in [0.25, 0.3) is 0 Å². The van der Waals surface area contributed by atoms with Crippen molar-refractivity contribution in [3.63, 3.8) is 0 Å². The molecule has 2 aromatic carbocycles. The van der Waals surface area contributed by atoms with Crippen LogP contribution in [0.3, 0.4) is 0 Å². The summed E-state index contributed by atoms with van der Waals surface area (Å²) in [6.07, 6.45) is -0.609. The minimum atomic E-state index is -1.03. The summed E-state index contributed by atoms with van der Waals surface area (Å²) in [6.45, 7) is 6.12. The number of carbonyl (C=O) groups is 2. The number of rotatable bonds is 7. The molecule has 0 unspecified atom stereocenters. The first kappa shape index (κ1) is 23.4. The smallest absolute Gasteiger partial charge is 0.344 e. The third-order valence-electron chi connectivity index (χ3n) is 5.37. The van der Waals surface area contributed by atoms with Crippen LogP contribution in [-0.4, -0.2) is 58.6 Å². The van der Waals surface area contributed by atoms with Crippen molar-refractivity contribution in [1.82, 2.24) is 9.80 Å². The van der Waals surface area contributed by atoms with Gasteiger partial charge in [0, 0.05) is 47.8 Å². The van der Waals surface area contributed by atoms with Gasteiger partial charge in [0.25, 0.3) is 0 Å².